The number of ether oxygens (including phenoxy) is 1. The number of nitrogens with zero attached hydrogens (tertiary/aromatic N) is 3. The van der Waals surface area contributed by atoms with Crippen molar-refractivity contribution in [1.29, 1.82) is 0 Å². The molecule has 7 nitrogen and oxygen atoms in total. The molecule has 2 aliphatic heterocycles. The van der Waals surface area contributed by atoms with Crippen LogP contribution >= 0.6 is 0 Å². The second-order valence-electron chi connectivity index (χ2n) is 6.37. The maximum absolute atomic E-state index is 12.7. The zero-order valence-corrected chi connectivity index (χ0v) is 14.6. The molecule has 0 spiro atoms. The number of imide groups is 1. The van der Waals surface area contributed by atoms with Crippen molar-refractivity contribution < 1.29 is 19.1 Å². The lowest BCUT2D eigenvalue weighted by atomic mass is 10.0. The molecule has 25 heavy (non-hydrogen) atoms. The summed E-state index contributed by atoms with van der Waals surface area (Å²) in [7, 11) is 1.56. The van der Waals surface area contributed by atoms with E-state index in [9.17, 15) is 14.4 Å². The SMILES string of the molecule is CCOc1ccc(C2CCCN2C(=O)CN2C(=O)CN(C)C2=O)cc1. The van der Waals surface area contributed by atoms with Crippen molar-refractivity contribution in [2.24, 2.45) is 0 Å². The molecule has 4 amide bonds. The number of hydrogen-bond donors (Lipinski definition) is 0. The van der Waals surface area contributed by atoms with Gasteiger partial charge >= 0.3 is 6.03 Å². The molecule has 0 bridgehead atoms. The zero-order valence-electron chi connectivity index (χ0n) is 14.6. The molecule has 0 radical (unpaired) electrons. The van der Waals surface area contributed by atoms with Crippen LogP contribution in [0, 0.1) is 0 Å². The van der Waals surface area contributed by atoms with Crippen molar-refractivity contribution in [2.75, 3.05) is 33.3 Å². The van der Waals surface area contributed by atoms with E-state index in [0.29, 0.717) is 13.2 Å². The second-order valence-corrected chi connectivity index (χ2v) is 6.37. The number of likely N-dealkylation sites (N-methyl/N-ethyl adjacent to an activating group) is 1. The van der Waals surface area contributed by atoms with Gasteiger partial charge in [0.15, 0.2) is 0 Å². The predicted molar refractivity (Wildman–Crippen MR) is 91.0 cm³/mol. The molecule has 1 aromatic carbocycles. The van der Waals surface area contributed by atoms with Crippen LogP contribution in [-0.4, -0.2) is 65.8 Å². The molecule has 134 valence electrons. The summed E-state index contributed by atoms with van der Waals surface area (Å²) in [5.41, 5.74) is 1.05. The summed E-state index contributed by atoms with van der Waals surface area (Å²) in [6.45, 7) is 3.04. The number of amides is 4. The van der Waals surface area contributed by atoms with E-state index in [1.807, 2.05) is 31.2 Å². The Labute approximate surface area is 147 Å². The van der Waals surface area contributed by atoms with Gasteiger partial charge in [0.2, 0.25) is 5.91 Å². The Kier molecular flexibility index (Phi) is 4.92. The lowest BCUT2D eigenvalue weighted by Crippen LogP contribution is -2.43. The van der Waals surface area contributed by atoms with Crippen LogP contribution in [0.2, 0.25) is 0 Å². The predicted octanol–water partition coefficient (Wildman–Crippen LogP) is 1.64. The normalized spacial score (nSPS) is 20.6. The van der Waals surface area contributed by atoms with Crippen LogP contribution < -0.4 is 4.74 Å². The molecule has 0 aliphatic carbocycles. The maximum Gasteiger partial charge on any atom is 0.327 e. The summed E-state index contributed by atoms with van der Waals surface area (Å²) in [6, 6.07) is 7.33. The van der Waals surface area contributed by atoms with Crippen molar-refractivity contribution in [3.05, 3.63) is 29.8 Å². The Morgan fingerprint density at radius 3 is 2.56 bits per heavy atom. The van der Waals surface area contributed by atoms with E-state index in [0.717, 1.165) is 29.1 Å². The minimum absolute atomic E-state index is 0.0197. The molecular weight excluding hydrogens is 322 g/mol. The first kappa shape index (κ1) is 17.3. The standard InChI is InChI=1S/C18H23N3O4/c1-3-25-14-8-6-13(7-9-14)15-5-4-10-20(15)17(23)12-21-16(22)11-19(2)18(21)24/h6-9,15H,3-5,10-12H2,1-2H3. The van der Waals surface area contributed by atoms with Gasteiger partial charge in [0.05, 0.1) is 12.6 Å². The van der Waals surface area contributed by atoms with Crippen LogP contribution in [0.15, 0.2) is 24.3 Å². The average molecular weight is 345 g/mol. The van der Waals surface area contributed by atoms with Crippen LogP contribution in [0.25, 0.3) is 0 Å². The summed E-state index contributed by atoms with van der Waals surface area (Å²) in [6.07, 6.45) is 1.78. The first-order valence-corrected chi connectivity index (χ1v) is 8.59. The molecule has 2 heterocycles. The van der Waals surface area contributed by atoms with E-state index in [4.69, 9.17) is 4.74 Å². The van der Waals surface area contributed by atoms with Gasteiger partial charge in [-0.15, -0.1) is 0 Å². The van der Waals surface area contributed by atoms with E-state index < -0.39 is 6.03 Å². The third kappa shape index (κ3) is 3.45. The third-order valence-electron chi connectivity index (χ3n) is 4.67. The van der Waals surface area contributed by atoms with Crippen LogP contribution in [0.1, 0.15) is 31.4 Å². The topological polar surface area (TPSA) is 70.2 Å². The number of rotatable bonds is 5. The largest absolute Gasteiger partial charge is 0.494 e. The molecular formula is C18H23N3O4. The highest BCUT2D eigenvalue weighted by molar-refractivity contribution is 6.04. The van der Waals surface area contributed by atoms with Gasteiger partial charge in [-0.05, 0) is 37.5 Å². The quantitative estimate of drug-likeness (QED) is 0.761. The molecule has 2 fully saturated rings. The molecule has 1 aromatic rings. The number of benzene rings is 1. The van der Waals surface area contributed by atoms with Crippen LogP contribution in [0.4, 0.5) is 4.79 Å². The number of urea groups is 1. The van der Waals surface area contributed by atoms with Crippen molar-refractivity contribution in [3.8, 4) is 5.75 Å². The van der Waals surface area contributed by atoms with Gasteiger partial charge in [-0.25, -0.2) is 4.79 Å². The molecule has 2 aliphatic rings. The molecule has 7 heteroatoms. The lowest BCUT2D eigenvalue weighted by Gasteiger charge is -2.27. The second kappa shape index (κ2) is 7.13. The Hall–Kier alpha value is -2.57. The fraction of sp³-hybridized carbons (Fsp3) is 0.500. The number of carbonyl (C=O) groups excluding carboxylic acids is 3. The Morgan fingerprint density at radius 1 is 1.24 bits per heavy atom. The summed E-state index contributed by atoms with van der Waals surface area (Å²) < 4.78 is 5.45. The minimum Gasteiger partial charge on any atom is -0.494 e. The van der Waals surface area contributed by atoms with Gasteiger partial charge in [-0.3, -0.25) is 14.5 Å². The number of carbonyl (C=O) groups is 3. The van der Waals surface area contributed by atoms with Gasteiger partial charge < -0.3 is 14.5 Å². The third-order valence-corrected chi connectivity index (χ3v) is 4.67. The number of likely N-dealkylation sites (tertiary alicyclic amines) is 1. The lowest BCUT2D eigenvalue weighted by molar-refractivity contribution is -0.137. The zero-order chi connectivity index (χ0) is 18.0. The Bertz CT molecular complexity index is 673. The average Bonchev–Trinajstić information content (AvgIpc) is 3.17. The fourth-order valence-electron chi connectivity index (χ4n) is 3.42. The Morgan fingerprint density at radius 2 is 1.96 bits per heavy atom. The van der Waals surface area contributed by atoms with Gasteiger partial charge in [0.25, 0.3) is 5.91 Å². The van der Waals surface area contributed by atoms with E-state index in [2.05, 4.69) is 0 Å². The monoisotopic (exact) mass is 345 g/mol. The summed E-state index contributed by atoms with van der Waals surface area (Å²) in [5.74, 6) is 0.296. The van der Waals surface area contributed by atoms with Crippen molar-refractivity contribution in [3.63, 3.8) is 0 Å². The van der Waals surface area contributed by atoms with Crippen LogP contribution in [-0.2, 0) is 9.59 Å². The van der Waals surface area contributed by atoms with Gasteiger partial charge in [-0.2, -0.15) is 0 Å². The molecule has 3 rings (SSSR count). The molecule has 1 unspecified atom stereocenters. The number of hydrogen-bond acceptors (Lipinski definition) is 4. The fourth-order valence-corrected chi connectivity index (χ4v) is 3.42. The molecule has 0 saturated carbocycles. The van der Waals surface area contributed by atoms with E-state index >= 15 is 0 Å². The summed E-state index contributed by atoms with van der Waals surface area (Å²) in [4.78, 5) is 40.7. The van der Waals surface area contributed by atoms with Crippen molar-refractivity contribution in [1.82, 2.24) is 14.7 Å². The maximum atomic E-state index is 12.7. The van der Waals surface area contributed by atoms with Gasteiger partial charge in [0, 0.05) is 13.6 Å². The highest BCUT2D eigenvalue weighted by Gasteiger charge is 2.38. The first-order valence-electron chi connectivity index (χ1n) is 8.59. The molecule has 0 N–H and O–H groups in total. The summed E-state index contributed by atoms with van der Waals surface area (Å²) >= 11 is 0. The van der Waals surface area contributed by atoms with Gasteiger partial charge in [0.1, 0.15) is 18.8 Å². The van der Waals surface area contributed by atoms with E-state index in [1.54, 1.807) is 11.9 Å². The van der Waals surface area contributed by atoms with E-state index in [-0.39, 0.29) is 30.9 Å². The van der Waals surface area contributed by atoms with Crippen molar-refractivity contribution >= 4 is 17.8 Å². The summed E-state index contributed by atoms with van der Waals surface area (Å²) in [5, 5.41) is 0. The Balaban J connectivity index is 1.69. The first-order chi connectivity index (χ1) is 12.0. The smallest absolute Gasteiger partial charge is 0.327 e. The van der Waals surface area contributed by atoms with Crippen molar-refractivity contribution in [2.45, 2.75) is 25.8 Å². The van der Waals surface area contributed by atoms with Crippen LogP contribution in [0.5, 0.6) is 5.75 Å². The highest BCUT2D eigenvalue weighted by Crippen LogP contribution is 2.33. The highest BCUT2D eigenvalue weighted by atomic mass is 16.5. The van der Waals surface area contributed by atoms with E-state index in [1.165, 1.54) is 4.90 Å². The minimum atomic E-state index is -0.407. The molecule has 2 saturated heterocycles. The molecule has 0 aromatic heterocycles. The molecule has 1 atom stereocenters. The van der Waals surface area contributed by atoms with Crippen LogP contribution in [0.3, 0.4) is 0 Å². The van der Waals surface area contributed by atoms with Gasteiger partial charge in [-0.1, -0.05) is 12.1 Å².